The van der Waals surface area contributed by atoms with Crippen molar-refractivity contribution in [3.05, 3.63) is 12.1 Å². The number of rotatable bonds is 5. The van der Waals surface area contributed by atoms with Crippen LogP contribution in [0.15, 0.2) is 12.1 Å². The number of hydrogen-bond donors (Lipinski definition) is 2. The molecule has 5 heteroatoms. The van der Waals surface area contributed by atoms with E-state index in [9.17, 15) is 0 Å². The molecular formula is C10H18N4O. The minimum Gasteiger partial charge on any atom is -0.396 e. The summed E-state index contributed by atoms with van der Waals surface area (Å²) in [5.74, 6) is 1.21. The van der Waals surface area contributed by atoms with Gasteiger partial charge in [-0.05, 0) is 18.6 Å². The highest BCUT2D eigenvalue weighted by Crippen LogP contribution is 2.17. The molecule has 0 unspecified atom stereocenters. The first-order valence-corrected chi connectivity index (χ1v) is 4.87. The molecule has 0 bridgehead atoms. The summed E-state index contributed by atoms with van der Waals surface area (Å²) in [5.41, 5.74) is 11.7. The third-order valence-electron chi connectivity index (χ3n) is 2.18. The first kappa shape index (κ1) is 11.6. The Morgan fingerprint density at radius 1 is 1.40 bits per heavy atom. The van der Waals surface area contributed by atoms with Gasteiger partial charge in [0.1, 0.15) is 11.6 Å². The number of methoxy groups -OCH3 is 1. The summed E-state index contributed by atoms with van der Waals surface area (Å²) in [7, 11) is 3.66. The number of ether oxygens (including phenoxy) is 1. The van der Waals surface area contributed by atoms with Crippen LogP contribution in [-0.2, 0) is 4.74 Å². The van der Waals surface area contributed by atoms with E-state index in [1.807, 2.05) is 18.0 Å². The summed E-state index contributed by atoms with van der Waals surface area (Å²) < 4.78 is 4.98. The third kappa shape index (κ3) is 3.28. The van der Waals surface area contributed by atoms with Crippen molar-refractivity contribution in [2.75, 3.05) is 43.7 Å². The lowest BCUT2D eigenvalue weighted by Gasteiger charge is -2.18. The number of nitrogens with zero attached hydrogens (tertiary/aromatic N) is 2. The van der Waals surface area contributed by atoms with Crippen LogP contribution in [0.25, 0.3) is 0 Å². The number of anilines is 3. The van der Waals surface area contributed by atoms with Crippen LogP contribution in [0.1, 0.15) is 6.42 Å². The number of nitrogens with two attached hydrogens (primary N) is 2. The lowest BCUT2D eigenvalue weighted by atomic mass is 10.3. The number of pyridine rings is 1. The fraction of sp³-hybridized carbons (Fsp3) is 0.500. The Balaban J connectivity index is 2.57. The molecule has 5 nitrogen and oxygen atoms in total. The van der Waals surface area contributed by atoms with E-state index in [2.05, 4.69) is 4.98 Å². The SMILES string of the molecule is COCCCN(C)c1ccc(N)c(N)n1. The molecule has 1 aromatic rings. The topological polar surface area (TPSA) is 77.4 Å². The van der Waals surface area contributed by atoms with Gasteiger partial charge in [0.15, 0.2) is 0 Å². The maximum absolute atomic E-state index is 5.63. The summed E-state index contributed by atoms with van der Waals surface area (Å²) in [6, 6.07) is 3.63. The van der Waals surface area contributed by atoms with E-state index in [0.717, 1.165) is 25.4 Å². The van der Waals surface area contributed by atoms with Crippen molar-refractivity contribution in [2.45, 2.75) is 6.42 Å². The Morgan fingerprint density at radius 2 is 2.13 bits per heavy atom. The zero-order chi connectivity index (χ0) is 11.3. The number of nitrogen functional groups attached to an aromatic ring is 2. The summed E-state index contributed by atoms with van der Waals surface area (Å²) >= 11 is 0. The van der Waals surface area contributed by atoms with Gasteiger partial charge in [-0.2, -0.15) is 0 Å². The van der Waals surface area contributed by atoms with Gasteiger partial charge in [-0.3, -0.25) is 0 Å². The fourth-order valence-corrected chi connectivity index (χ4v) is 1.25. The largest absolute Gasteiger partial charge is 0.396 e. The van der Waals surface area contributed by atoms with E-state index >= 15 is 0 Å². The molecule has 4 N–H and O–H groups in total. The predicted octanol–water partition coefficient (Wildman–Crippen LogP) is 0.719. The second-order valence-electron chi connectivity index (χ2n) is 3.41. The minimum atomic E-state index is 0.381. The van der Waals surface area contributed by atoms with Crippen LogP contribution in [0.2, 0.25) is 0 Å². The molecule has 0 aliphatic heterocycles. The second-order valence-corrected chi connectivity index (χ2v) is 3.41. The van der Waals surface area contributed by atoms with Crippen molar-refractivity contribution in [3.8, 4) is 0 Å². The van der Waals surface area contributed by atoms with Gasteiger partial charge in [0.25, 0.3) is 0 Å². The van der Waals surface area contributed by atoms with Gasteiger partial charge in [-0.25, -0.2) is 4.98 Å². The van der Waals surface area contributed by atoms with Crippen molar-refractivity contribution in [1.29, 1.82) is 0 Å². The van der Waals surface area contributed by atoms with Gasteiger partial charge in [0, 0.05) is 27.3 Å². The first-order chi connectivity index (χ1) is 7.15. The second kappa shape index (κ2) is 5.41. The molecule has 15 heavy (non-hydrogen) atoms. The standard InChI is InChI=1S/C10H18N4O/c1-14(6-3-7-15-2)9-5-4-8(11)10(12)13-9/h4-5H,3,6-7,11H2,1-2H3,(H2,12,13). The molecule has 0 saturated heterocycles. The fourth-order valence-electron chi connectivity index (χ4n) is 1.25. The zero-order valence-corrected chi connectivity index (χ0v) is 9.23. The summed E-state index contributed by atoms with van der Waals surface area (Å²) in [4.78, 5) is 6.21. The van der Waals surface area contributed by atoms with E-state index < -0.39 is 0 Å². The van der Waals surface area contributed by atoms with Gasteiger partial charge in [-0.1, -0.05) is 0 Å². The van der Waals surface area contributed by atoms with Crippen LogP contribution in [0.4, 0.5) is 17.3 Å². The van der Waals surface area contributed by atoms with Crippen LogP contribution < -0.4 is 16.4 Å². The van der Waals surface area contributed by atoms with Crippen molar-refractivity contribution in [3.63, 3.8) is 0 Å². The van der Waals surface area contributed by atoms with Crippen molar-refractivity contribution < 1.29 is 4.74 Å². The monoisotopic (exact) mass is 210 g/mol. The molecule has 0 spiro atoms. The van der Waals surface area contributed by atoms with E-state index in [-0.39, 0.29) is 0 Å². The van der Waals surface area contributed by atoms with Crippen molar-refractivity contribution in [2.24, 2.45) is 0 Å². The molecule has 0 radical (unpaired) electrons. The molecule has 0 aliphatic carbocycles. The minimum absolute atomic E-state index is 0.381. The van der Waals surface area contributed by atoms with Gasteiger partial charge in [0.05, 0.1) is 5.69 Å². The molecular weight excluding hydrogens is 192 g/mol. The molecule has 0 saturated carbocycles. The van der Waals surface area contributed by atoms with Gasteiger partial charge in [-0.15, -0.1) is 0 Å². The van der Waals surface area contributed by atoms with Crippen molar-refractivity contribution >= 4 is 17.3 Å². The maximum Gasteiger partial charge on any atom is 0.149 e. The van der Waals surface area contributed by atoms with Crippen LogP contribution in [-0.4, -0.2) is 32.3 Å². The van der Waals surface area contributed by atoms with Crippen LogP contribution in [0.5, 0.6) is 0 Å². The highest BCUT2D eigenvalue weighted by molar-refractivity contribution is 5.61. The molecule has 84 valence electrons. The maximum atomic E-state index is 5.63. The highest BCUT2D eigenvalue weighted by atomic mass is 16.5. The number of aromatic nitrogens is 1. The van der Waals surface area contributed by atoms with Crippen molar-refractivity contribution in [1.82, 2.24) is 4.98 Å². The summed E-state index contributed by atoms with van der Waals surface area (Å²) in [6.45, 7) is 1.62. The quantitative estimate of drug-likeness (QED) is 0.700. The molecule has 0 fully saturated rings. The number of hydrogen-bond acceptors (Lipinski definition) is 5. The Labute approximate surface area is 90.0 Å². The Bertz CT molecular complexity index is 316. The van der Waals surface area contributed by atoms with E-state index in [1.54, 1.807) is 13.2 Å². The Kier molecular flexibility index (Phi) is 4.17. The average molecular weight is 210 g/mol. The van der Waals surface area contributed by atoms with Gasteiger partial charge < -0.3 is 21.1 Å². The predicted molar refractivity (Wildman–Crippen MR) is 62.8 cm³/mol. The molecule has 1 aromatic heterocycles. The van der Waals surface area contributed by atoms with Crippen LogP contribution >= 0.6 is 0 Å². The smallest absolute Gasteiger partial charge is 0.149 e. The Morgan fingerprint density at radius 3 is 2.73 bits per heavy atom. The highest BCUT2D eigenvalue weighted by Gasteiger charge is 2.04. The lowest BCUT2D eigenvalue weighted by Crippen LogP contribution is -2.21. The average Bonchev–Trinajstić information content (AvgIpc) is 2.22. The normalized spacial score (nSPS) is 10.3. The molecule has 0 atom stereocenters. The van der Waals surface area contributed by atoms with Crippen LogP contribution in [0.3, 0.4) is 0 Å². The molecule has 1 heterocycles. The van der Waals surface area contributed by atoms with E-state index in [0.29, 0.717) is 11.5 Å². The van der Waals surface area contributed by atoms with E-state index in [4.69, 9.17) is 16.2 Å². The lowest BCUT2D eigenvalue weighted by molar-refractivity contribution is 0.196. The van der Waals surface area contributed by atoms with E-state index in [1.165, 1.54) is 0 Å². The molecule has 0 aliphatic rings. The third-order valence-corrected chi connectivity index (χ3v) is 2.18. The summed E-state index contributed by atoms with van der Waals surface area (Å²) in [6.07, 6.45) is 0.957. The molecule has 1 rings (SSSR count). The zero-order valence-electron chi connectivity index (χ0n) is 9.23. The first-order valence-electron chi connectivity index (χ1n) is 4.87. The summed E-state index contributed by atoms with van der Waals surface area (Å²) in [5, 5.41) is 0. The van der Waals surface area contributed by atoms with Crippen LogP contribution in [0, 0.1) is 0 Å². The molecule has 0 amide bonds. The molecule has 0 aromatic carbocycles. The Hall–Kier alpha value is -1.49. The van der Waals surface area contributed by atoms with Gasteiger partial charge in [0.2, 0.25) is 0 Å². The van der Waals surface area contributed by atoms with Gasteiger partial charge >= 0.3 is 0 Å².